The Labute approximate surface area is 173 Å². The normalized spacial score (nSPS) is 21.7. The zero-order valence-electron chi connectivity index (χ0n) is 16.7. The Morgan fingerprint density at radius 1 is 1.14 bits per heavy atom. The van der Waals surface area contributed by atoms with E-state index in [1.807, 2.05) is 26.0 Å². The van der Waals surface area contributed by atoms with Gasteiger partial charge in [0.15, 0.2) is 4.87 Å². The Bertz CT molecular complexity index is 994. The van der Waals surface area contributed by atoms with E-state index < -0.39 is 4.87 Å². The van der Waals surface area contributed by atoms with Gasteiger partial charge >= 0.3 is 6.03 Å². The first-order chi connectivity index (χ1) is 13.8. The molecule has 2 N–H and O–H groups in total. The molecule has 1 fully saturated rings. The molecule has 0 unspecified atom stereocenters. The van der Waals surface area contributed by atoms with Gasteiger partial charge in [-0.3, -0.25) is 9.69 Å². The quantitative estimate of drug-likeness (QED) is 0.799. The second-order valence-corrected chi connectivity index (χ2v) is 9.52. The number of benzene rings is 2. The topological polar surface area (TPSA) is 79.9 Å². The van der Waals surface area contributed by atoms with E-state index in [2.05, 4.69) is 10.6 Å². The predicted molar refractivity (Wildman–Crippen MR) is 114 cm³/mol. The highest BCUT2D eigenvalue weighted by atomic mass is 32.2. The Balaban J connectivity index is 1.75. The number of carbonyl (C=O) groups excluding carboxylic acids is 2. The van der Waals surface area contributed by atoms with Gasteiger partial charge in [-0.05, 0) is 44.2 Å². The average Bonchev–Trinajstić information content (AvgIpc) is 3.15. The van der Waals surface area contributed by atoms with Gasteiger partial charge in [0.2, 0.25) is 0 Å². The molecule has 0 radical (unpaired) electrons. The second kappa shape index (κ2) is 6.88. The van der Waals surface area contributed by atoms with Crippen LogP contribution >= 0.6 is 11.8 Å². The summed E-state index contributed by atoms with van der Waals surface area (Å²) >= 11 is 1.48. The number of hydrogen-bond acceptors (Lipinski definition) is 5. The molecule has 7 nitrogen and oxygen atoms in total. The maximum atomic E-state index is 13.3. The highest BCUT2D eigenvalue weighted by Gasteiger charge is 2.61. The number of thioether (sulfide) groups is 1. The highest BCUT2D eigenvalue weighted by molar-refractivity contribution is 8.02. The third kappa shape index (κ3) is 3.17. The summed E-state index contributed by atoms with van der Waals surface area (Å²) in [7, 11) is 3.15. The molecule has 0 aliphatic carbocycles. The number of hydrogen-bond donors (Lipinski definition) is 2. The fourth-order valence-electron chi connectivity index (χ4n) is 3.82. The van der Waals surface area contributed by atoms with Crippen LogP contribution in [-0.2, 0) is 9.67 Å². The van der Waals surface area contributed by atoms with Crippen molar-refractivity contribution in [2.24, 2.45) is 0 Å². The van der Waals surface area contributed by atoms with Gasteiger partial charge in [-0.25, -0.2) is 4.79 Å². The summed E-state index contributed by atoms with van der Waals surface area (Å²) in [5.74, 6) is 1.05. The Morgan fingerprint density at radius 3 is 2.59 bits per heavy atom. The molecule has 29 heavy (non-hydrogen) atoms. The molecule has 152 valence electrons. The molecule has 8 heteroatoms. The van der Waals surface area contributed by atoms with Gasteiger partial charge in [-0.15, -0.1) is 11.8 Å². The van der Waals surface area contributed by atoms with E-state index in [0.29, 0.717) is 29.4 Å². The van der Waals surface area contributed by atoms with Crippen molar-refractivity contribution < 1.29 is 19.1 Å². The summed E-state index contributed by atoms with van der Waals surface area (Å²) in [6.07, 6.45) is 0. The standard InChI is InChI=1S/C21H23N3O4S/c1-20(2)12-24(19(26)22-13-6-5-7-14(10-13)27-3)21(29-20)16-11-15(28-4)8-9-17(16)23-18(21)25/h5-11H,12H2,1-4H3,(H,22,26)(H,23,25)/t21-/m0/s1. The fraction of sp³-hybridized carbons (Fsp3) is 0.333. The number of nitrogens with zero attached hydrogens (tertiary/aromatic N) is 1. The third-order valence-corrected chi connectivity index (χ3v) is 6.66. The molecule has 4 rings (SSSR count). The van der Waals surface area contributed by atoms with Gasteiger partial charge < -0.3 is 20.1 Å². The summed E-state index contributed by atoms with van der Waals surface area (Å²) in [6.45, 7) is 4.48. The lowest BCUT2D eigenvalue weighted by Crippen LogP contribution is -2.49. The van der Waals surface area contributed by atoms with Crippen molar-refractivity contribution in [3.05, 3.63) is 48.0 Å². The number of anilines is 2. The van der Waals surface area contributed by atoms with E-state index in [1.54, 1.807) is 49.5 Å². The molecule has 3 amide bonds. The van der Waals surface area contributed by atoms with E-state index in [9.17, 15) is 9.59 Å². The van der Waals surface area contributed by atoms with Crippen LogP contribution < -0.4 is 20.1 Å². The van der Waals surface area contributed by atoms with Crippen LogP contribution in [0.2, 0.25) is 0 Å². The van der Waals surface area contributed by atoms with Crippen LogP contribution in [0.25, 0.3) is 0 Å². The monoisotopic (exact) mass is 413 g/mol. The smallest absolute Gasteiger partial charge is 0.323 e. The van der Waals surface area contributed by atoms with E-state index in [1.165, 1.54) is 11.8 Å². The van der Waals surface area contributed by atoms with Gasteiger partial charge in [0.25, 0.3) is 5.91 Å². The summed E-state index contributed by atoms with van der Waals surface area (Å²) in [5.41, 5.74) is 2.03. The molecular formula is C21H23N3O4S. The fourth-order valence-corrected chi connectivity index (χ4v) is 5.50. The van der Waals surface area contributed by atoms with Crippen LogP contribution in [-0.4, -0.2) is 42.3 Å². The lowest BCUT2D eigenvalue weighted by Gasteiger charge is -2.32. The molecule has 2 aliphatic heterocycles. The Kier molecular flexibility index (Phi) is 4.61. The minimum Gasteiger partial charge on any atom is -0.497 e. The molecule has 2 heterocycles. The number of urea groups is 1. The zero-order valence-corrected chi connectivity index (χ0v) is 17.6. The van der Waals surface area contributed by atoms with Crippen molar-refractivity contribution in [2.75, 3.05) is 31.4 Å². The molecule has 2 aromatic rings. The number of fused-ring (bicyclic) bond motifs is 2. The van der Waals surface area contributed by atoms with Gasteiger partial charge in [-0.2, -0.15) is 0 Å². The molecule has 0 aromatic heterocycles. The van der Waals surface area contributed by atoms with Crippen molar-refractivity contribution in [3.8, 4) is 11.5 Å². The molecule has 1 atom stereocenters. The van der Waals surface area contributed by atoms with Crippen molar-refractivity contribution in [1.29, 1.82) is 0 Å². The average molecular weight is 413 g/mol. The first-order valence-corrected chi connectivity index (χ1v) is 10.0. The molecule has 0 saturated carbocycles. The maximum Gasteiger partial charge on any atom is 0.323 e. The minimum atomic E-state index is -1.16. The number of rotatable bonds is 3. The van der Waals surface area contributed by atoms with Crippen molar-refractivity contribution in [3.63, 3.8) is 0 Å². The van der Waals surface area contributed by atoms with Crippen LogP contribution in [0.5, 0.6) is 11.5 Å². The molecule has 1 saturated heterocycles. The van der Waals surface area contributed by atoms with E-state index >= 15 is 0 Å². The molecular weight excluding hydrogens is 390 g/mol. The maximum absolute atomic E-state index is 13.3. The number of methoxy groups -OCH3 is 2. The summed E-state index contributed by atoms with van der Waals surface area (Å²) in [6, 6.07) is 12.2. The summed E-state index contributed by atoms with van der Waals surface area (Å²) in [4.78, 5) is 27.0. The number of amides is 3. The number of carbonyl (C=O) groups is 2. The molecule has 0 bridgehead atoms. The predicted octanol–water partition coefficient (Wildman–Crippen LogP) is 3.87. The minimum absolute atomic E-state index is 0.225. The van der Waals surface area contributed by atoms with Crippen LogP contribution in [0.4, 0.5) is 16.2 Å². The SMILES string of the molecule is COc1cccc(NC(=O)N2CC(C)(C)S[C@@]23C(=O)Nc2ccc(OC)cc23)c1. The van der Waals surface area contributed by atoms with Gasteiger partial charge in [0, 0.05) is 34.3 Å². The van der Waals surface area contributed by atoms with Crippen LogP contribution in [0.15, 0.2) is 42.5 Å². The van der Waals surface area contributed by atoms with Crippen LogP contribution in [0.3, 0.4) is 0 Å². The third-order valence-electron chi connectivity index (χ3n) is 5.06. The Morgan fingerprint density at radius 2 is 1.86 bits per heavy atom. The van der Waals surface area contributed by atoms with Gasteiger partial charge in [-0.1, -0.05) is 6.07 Å². The summed E-state index contributed by atoms with van der Waals surface area (Å²) in [5, 5.41) is 5.84. The molecule has 2 aromatic carbocycles. The van der Waals surface area contributed by atoms with Crippen LogP contribution in [0.1, 0.15) is 19.4 Å². The lowest BCUT2D eigenvalue weighted by atomic mass is 10.0. The van der Waals surface area contributed by atoms with Crippen molar-refractivity contribution in [2.45, 2.75) is 23.5 Å². The first-order valence-electron chi connectivity index (χ1n) is 9.22. The largest absolute Gasteiger partial charge is 0.497 e. The molecule has 2 aliphatic rings. The first kappa shape index (κ1) is 19.4. The van der Waals surface area contributed by atoms with Gasteiger partial charge in [0.1, 0.15) is 11.5 Å². The zero-order chi connectivity index (χ0) is 20.8. The molecule has 1 spiro atoms. The number of nitrogens with one attached hydrogen (secondary N) is 2. The Hall–Kier alpha value is -2.87. The van der Waals surface area contributed by atoms with E-state index in [4.69, 9.17) is 9.47 Å². The van der Waals surface area contributed by atoms with E-state index in [0.717, 1.165) is 5.56 Å². The second-order valence-electron chi connectivity index (χ2n) is 7.62. The highest BCUT2D eigenvalue weighted by Crippen LogP contribution is 2.58. The lowest BCUT2D eigenvalue weighted by molar-refractivity contribution is -0.121. The van der Waals surface area contributed by atoms with Crippen molar-refractivity contribution >= 4 is 35.1 Å². The summed E-state index contributed by atoms with van der Waals surface area (Å²) < 4.78 is 10.3. The van der Waals surface area contributed by atoms with E-state index in [-0.39, 0.29) is 16.7 Å². The van der Waals surface area contributed by atoms with Gasteiger partial charge in [0.05, 0.1) is 14.2 Å². The van der Waals surface area contributed by atoms with Crippen LogP contribution in [0, 0.1) is 0 Å². The van der Waals surface area contributed by atoms with Crippen molar-refractivity contribution in [1.82, 2.24) is 4.90 Å². The number of ether oxygens (including phenoxy) is 2.